The van der Waals surface area contributed by atoms with Crippen LogP contribution in [0.1, 0.15) is 72.1 Å². The number of carboxylic acids is 1. The summed E-state index contributed by atoms with van der Waals surface area (Å²) in [5, 5.41) is 20.2. The van der Waals surface area contributed by atoms with Crippen molar-refractivity contribution >= 4 is 22.8 Å². The number of benzene rings is 2. The maximum Gasteiger partial charge on any atom is 0.311 e. The van der Waals surface area contributed by atoms with E-state index in [-0.39, 0.29) is 29.8 Å². The van der Waals surface area contributed by atoms with Gasteiger partial charge in [0, 0.05) is 59.8 Å². The molecule has 3 aromatic rings. The molecule has 1 aliphatic carbocycles. The Hall–Kier alpha value is -3.83. The average Bonchev–Trinajstić information content (AvgIpc) is 3.62. The van der Waals surface area contributed by atoms with Crippen LogP contribution in [0.25, 0.3) is 10.9 Å². The smallest absolute Gasteiger partial charge is 0.311 e. The van der Waals surface area contributed by atoms with Gasteiger partial charge >= 0.3 is 5.97 Å². The number of likely N-dealkylation sites (tertiary alicyclic amines) is 2. The van der Waals surface area contributed by atoms with Crippen molar-refractivity contribution in [3.8, 4) is 11.8 Å². The van der Waals surface area contributed by atoms with E-state index in [2.05, 4.69) is 47.1 Å². The van der Waals surface area contributed by atoms with E-state index in [9.17, 15) is 20.0 Å². The van der Waals surface area contributed by atoms with Gasteiger partial charge in [-0.05, 0) is 93.3 Å². The van der Waals surface area contributed by atoms with Crippen LogP contribution in [0.5, 0.6) is 5.75 Å². The Morgan fingerprint density at radius 2 is 1.90 bits per heavy atom. The Morgan fingerprint density at radius 1 is 1.15 bits per heavy atom. The van der Waals surface area contributed by atoms with Crippen molar-refractivity contribution in [2.45, 2.75) is 58.5 Å². The molecule has 1 amide bonds. The van der Waals surface area contributed by atoms with Crippen LogP contribution in [0.4, 0.5) is 0 Å². The van der Waals surface area contributed by atoms with Crippen molar-refractivity contribution in [2.24, 2.45) is 16.7 Å². The number of piperidine rings is 1. The van der Waals surface area contributed by atoms with Gasteiger partial charge < -0.3 is 19.7 Å². The van der Waals surface area contributed by atoms with Crippen LogP contribution < -0.4 is 4.74 Å². The highest BCUT2D eigenvalue weighted by atomic mass is 16.5. The summed E-state index contributed by atoms with van der Waals surface area (Å²) < 4.78 is 5.85. The molecule has 214 valence electrons. The van der Waals surface area contributed by atoms with Crippen LogP contribution >= 0.6 is 0 Å². The number of rotatable bonds is 6. The molecule has 6 rings (SSSR count). The lowest BCUT2D eigenvalue weighted by Gasteiger charge is -2.53. The van der Waals surface area contributed by atoms with Crippen molar-refractivity contribution in [1.82, 2.24) is 14.8 Å². The number of nitrogens with zero attached hydrogens (tertiary/aromatic N) is 3. The number of hydrogen-bond donors (Lipinski definition) is 2. The molecule has 2 aliphatic heterocycles. The maximum atomic E-state index is 13.3. The Balaban J connectivity index is 1.28. The standard InChI is InChI=1S/C33H38N4O4/c1-21-14-28(41-3)26(25-8-11-35-29(21)25)19-36-13-10-33(15-22(16-33)18-34)17-27(36)23-4-6-24(7-5-23)30(38)37-12-9-32(2,20-37)31(39)40/h4-8,11,14,22,27,35H,9-10,12-13,15-17,19-20H2,1-3H3,(H,39,40). The summed E-state index contributed by atoms with van der Waals surface area (Å²) >= 11 is 0. The fourth-order valence-corrected chi connectivity index (χ4v) is 7.47. The van der Waals surface area contributed by atoms with Crippen molar-refractivity contribution in [3.63, 3.8) is 0 Å². The number of nitriles is 1. The number of hydrogen-bond acceptors (Lipinski definition) is 5. The molecule has 2 N–H and O–H groups in total. The fraction of sp³-hybridized carbons (Fsp3) is 0.485. The first-order valence-corrected chi connectivity index (χ1v) is 14.6. The first-order valence-electron chi connectivity index (χ1n) is 14.6. The monoisotopic (exact) mass is 554 g/mol. The van der Waals surface area contributed by atoms with Crippen LogP contribution in [-0.2, 0) is 11.3 Å². The number of aromatic amines is 1. The van der Waals surface area contributed by atoms with Gasteiger partial charge in [0.1, 0.15) is 5.75 Å². The fourth-order valence-electron chi connectivity index (χ4n) is 7.47. The van der Waals surface area contributed by atoms with Crippen LogP contribution in [0.2, 0.25) is 0 Å². The second-order valence-corrected chi connectivity index (χ2v) is 12.8. The van der Waals surface area contributed by atoms with Gasteiger partial charge in [-0.1, -0.05) is 12.1 Å². The van der Waals surface area contributed by atoms with E-state index in [0.717, 1.165) is 61.2 Å². The summed E-state index contributed by atoms with van der Waals surface area (Å²) in [7, 11) is 1.73. The number of fused-ring (bicyclic) bond motifs is 1. The molecule has 3 heterocycles. The number of nitrogens with one attached hydrogen (secondary N) is 1. The minimum absolute atomic E-state index is 0.117. The van der Waals surface area contributed by atoms with E-state index in [1.165, 1.54) is 10.9 Å². The third-order valence-corrected chi connectivity index (χ3v) is 10.0. The van der Waals surface area contributed by atoms with Crippen LogP contribution in [-0.4, -0.2) is 58.5 Å². The Labute approximate surface area is 240 Å². The number of aryl methyl sites for hydroxylation is 1. The summed E-state index contributed by atoms with van der Waals surface area (Å²) in [6.07, 6.45) is 6.40. The van der Waals surface area contributed by atoms with Gasteiger partial charge in [0.05, 0.1) is 18.6 Å². The second kappa shape index (κ2) is 10.2. The van der Waals surface area contributed by atoms with E-state index < -0.39 is 11.4 Å². The van der Waals surface area contributed by atoms with E-state index in [1.807, 2.05) is 18.3 Å². The Bertz CT molecular complexity index is 1530. The number of carbonyl (C=O) groups is 2. The molecule has 8 heteroatoms. The van der Waals surface area contributed by atoms with E-state index in [4.69, 9.17) is 4.74 Å². The molecular formula is C33H38N4O4. The summed E-state index contributed by atoms with van der Waals surface area (Å²) in [5.74, 6) is 0.0670. The number of amides is 1. The third kappa shape index (κ3) is 4.76. The van der Waals surface area contributed by atoms with Crippen molar-refractivity contribution in [1.29, 1.82) is 5.26 Å². The van der Waals surface area contributed by atoms with Gasteiger partial charge in [0.25, 0.3) is 5.91 Å². The van der Waals surface area contributed by atoms with Crippen molar-refractivity contribution in [3.05, 3.63) is 64.8 Å². The van der Waals surface area contributed by atoms with Gasteiger partial charge in [-0.25, -0.2) is 0 Å². The predicted molar refractivity (Wildman–Crippen MR) is 155 cm³/mol. The molecule has 1 aromatic heterocycles. The normalized spacial score (nSPS) is 28.0. The summed E-state index contributed by atoms with van der Waals surface area (Å²) in [5.41, 5.74) is 4.49. The zero-order valence-corrected chi connectivity index (χ0v) is 24.1. The molecule has 1 spiro atoms. The Kier molecular flexibility index (Phi) is 6.82. The lowest BCUT2D eigenvalue weighted by Crippen LogP contribution is -2.48. The highest BCUT2D eigenvalue weighted by Gasteiger charge is 2.49. The predicted octanol–water partition coefficient (Wildman–Crippen LogP) is 5.68. The van der Waals surface area contributed by atoms with Crippen LogP contribution in [0, 0.1) is 35.0 Å². The molecule has 1 saturated carbocycles. The molecule has 0 bridgehead atoms. The van der Waals surface area contributed by atoms with Gasteiger partial charge in [-0.3, -0.25) is 14.5 Å². The molecule has 2 atom stereocenters. The lowest BCUT2D eigenvalue weighted by atomic mass is 9.56. The average molecular weight is 555 g/mol. The number of H-pyrrole nitrogens is 1. The van der Waals surface area contributed by atoms with E-state index >= 15 is 0 Å². The van der Waals surface area contributed by atoms with Gasteiger partial charge in [-0.15, -0.1) is 0 Å². The topological polar surface area (TPSA) is 110 Å². The lowest BCUT2D eigenvalue weighted by molar-refractivity contribution is -0.147. The van der Waals surface area contributed by atoms with Crippen LogP contribution in [0.3, 0.4) is 0 Å². The molecule has 3 aliphatic rings. The summed E-state index contributed by atoms with van der Waals surface area (Å²) in [6, 6.07) is 14.8. The first kappa shape index (κ1) is 27.3. The molecule has 41 heavy (non-hydrogen) atoms. The van der Waals surface area contributed by atoms with Gasteiger partial charge in [0.15, 0.2) is 0 Å². The molecule has 2 aromatic carbocycles. The first-order chi connectivity index (χ1) is 19.6. The number of carbonyl (C=O) groups excluding carboxylic acids is 1. The maximum absolute atomic E-state index is 13.3. The minimum Gasteiger partial charge on any atom is -0.496 e. The largest absolute Gasteiger partial charge is 0.496 e. The quantitative estimate of drug-likeness (QED) is 0.406. The highest BCUT2D eigenvalue weighted by molar-refractivity contribution is 5.95. The number of carboxylic acid groups (broad SMARTS) is 1. The van der Waals surface area contributed by atoms with Crippen molar-refractivity contribution in [2.75, 3.05) is 26.7 Å². The molecule has 2 saturated heterocycles. The highest BCUT2D eigenvalue weighted by Crippen LogP contribution is 2.57. The van der Waals surface area contributed by atoms with Crippen molar-refractivity contribution < 1.29 is 19.4 Å². The molecule has 2 unspecified atom stereocenters. The number of aromatic nitrogens is 1. The van der Waals surface area contributed by atoms with Gasteiger partial charge in [0.2, 0.25) is 0 Å². The Morgan fingerprint density at radius 3 is 2.56 bits per heavy atom. The van der Waals surface area contributed by atoms with E-state index in [1.54, 1.807) is 18.9 Å². The van der Waals surface area contributed by atoms with Crippen LogP contribution in [0.15, 0.2) is 42.6 Å². The number of methoxy groups -OCH3 is 1. The zero-order valence-electron chi connectivity index (χ0n) is 24.1. The third-order valence-electron chi connectivity index (χ3n) is 10.0. The molecular weight excluding hydrogens is 516 g/mol. The SMILES string of the molecule is COc1cc(C)c2[nH]ccc2c1CN1CCC2(CC(C#N)C2)CC1c1ccc(C(=O)N2CCC(C)(C(=O)O)C2)cc1. The number of ether oxygens (including phenoxy) is 1. The molecule has 3 fully saturated rings. The van der Waals surface area contributed by atoms with E-state index in [0.29, 0.717) is 18.5 Å². The number of aliphatic carboxylic acids is 1. The van der Waals surface area contributed by atoms with Gasteiger partial charge in [-0.2, -0.15) is 5.26 Å². The second-order valence-electron chi connectivity index (χ2n) is 12.8. The molecule has 8 nitrogen and oxygen atoms in total. The molecule has 0 radical (unpaired) electrons. The minimum atomic E-state index is -0.890. The summed E-state index contributed by atoms with van der Waals surface area (Å²) in [6.45, 7) is 6.15. The summed E-state index contributed by atoms with van der Waals surface area (Å²) in [4.78, 5) is 32.5. The zero-order chi connectivity index (χ0) is 28.9.